The van der Waals surface area contributed by atoms with Crippen molar-refractivity contribution in [1.29, 1.82) is 0 Å². The highest BCUT2D eigenvalue weighted by molar-refractivity contribution is 5.92. The van der Waals surface area contributed by atoms with Gasteiger partial charge in [-0.3, -0.25) is 14.6 Å². The predicted molar refractivity (Wildman–Crippen MR) is 88.9 cm³/mol. The van der Waals surface area contributed by atoms with E-state index in [-0.39, 0.29) is 17.4 Å². The first kappa shape index (κ1) is 15.1. The third-order valence-electron chi connectivity index (χ3n) is 4.93. The molecule has 1 fully saturated rings. The first-order valence-corrected chi connectivity index (χ1v) is 8.53. The maximum Gasteiger partial charge on any atom is 0.273 e. The molecule has 1 unspecified atom stereocenters. The molecule has 2 aromatic rings. The number of hydrogen-bond acceptors (Lipinski definition) is 4. The summed E-state index contributed by atoms with van der Waals surface area (Å²) in [5.41, 5.74) is 1.36. The molecule has 24 heavy (non-hydrogen) atoms. The number of rotatable bonds is 2. The van der Waals surface area contributed by atoms with Gasteiger partial charge in [0.25, 0.3) is 11.5 Å². The molecule has 4 heterocycles. The van der Waals surface area contributed by atoms with Crippen molar-refractivity contribution in [2.45, 2.75) is 38.1 Å². The molecule has 1 atom stereocenters. The van der Waals surface area contributed by atoms with E-state index in [0.29, 0.717) is 12.2 Å². The third-order valence-corrected chi connectivity index (χ3v) is 4.93. The molecule has 0 spiro atoms. The van der Waals surface area contributed by atoms with Crippen molar-refractivity contribution in [1.82, 2.24) is 19.4 Å². The highest BCUT2D eigenvalue weighted by Crippen LogP contribution is 2.29. The number of hydrogen-bond donors (Lipinski definition) is 0. The van der Waals surface area contributed by atoms with Gasteiger partial charge in [0.1, 0.15) is 11.5 Å². The zero-order valence-corrected chi connectivity index (χ0v) is 13.5. The molecule has 124 valence electrons. The standard InChI is InChI=1S/C18H20N4O2/c23-17-11-15(22-10-4-7-16(22)20-17)13-5-3-9-21(12-13)18(24)14-6-1-2-8-19-14/h1-2,6,8,11,13H,3-5,7,9-10,12H2. The second kappa shape index (κ2) is 6.19. The van der Waals surface area contributed by atoms with Crippen molar-refractivity contribution in [2.75, 3.05) is 13.1 Å². The van der Waals surface area contributed by atoms with Crippen LogP contribution in [0.5, 0.6) is 0 Å². The smallest absolute Gasteiger partial charge is 0.273 e. The lowest BCUT2D eigenvalue weighted by Gasteiger charge is -2.33. The number of aryl methyl sites for hydroxylation is 1. The zero-order chi connectivity index (χ0) is 16.5. The summed E-state index contributed by atoms with van der Waals surface area (Å²) in [4.78, 5) is 34.7. The van der Waals surface area contributed by atoms with Gasteiger partial charge < -0.3 is 9.47 Å². The molecule has 4 rings (SSSR count). The van der Waals surface area contributed by atoms with Gasteiger partial charge in [-0.1, -0.05) is 6.07 Å². The normalized spacial score (nSPS) is 20.0. The van der Waals surface area contributed by atoms with Crippen LogP contribution in [0.25, 0.3) is 0 Å². The number of nitrogens with zero attached hydrogens (tertiary/aromatic N) is 4. The molecule has 1 saturated heterocycles. The van der Waals surface area contributed by atoms with Crippen molar-refractivity contribution >= 4 is 5.91 Å². The summed E-state index contributed by atoms with van der Waals surface area (Å²) in [6, 6.07) is 7.05. The van der Waals surface area contributed by atoms with Gasteiger partial charge in [-0.15, -0.1) is 0 Å². The van der Waals surface area contributed by atoms with Crippen LogP contribution in [0, 0.1) is 0 Å². The van der Waals surface area contributed by atoms with Crippen molar-refractivity contribution in [2.24, 2.45) is 0 Å². The fourth-order valence-electron chi connectivity index (χ4n) is 3.81. The number of aromatic nitrogens is 3. The maximum absolute atomic E-state index is 12.7. The van der Waals surface area contributed by atoms with Gasteiger partial charge in [0.15, 0.2) is 0 Å². The van der Waals surface area contributed by atoms with Gasteiger partial charge in [0, 0.05) is 49.9 Å². The van der Waals surface area contributed by atoms with Crippen LogP contribution in [0.1, 0.15) is 47.2 Å². The van der Waals surface area contributed by atoms with Crippen molar-refractivity contribution in [3.05, 3.63) is 58.0 Å². The molecule has 2 aliphatic heterocycles. The Morgan fingerprint density at radius 1 is 1.21 bits per heavy atom. The second-order valence-corrected chi connectivity index (χ2v) is 6.50. The molecule has 0 aliphatic carbocycles. The van der Waals surface area contributed by atoms with Crippen molar-refractivity contribution < 1.29 is 4.79 Å². The van der Waals surface area contributed by atoms with Crippen LogP contribution in [-0.2, 0) is 13.0 Å². The largest absolute Gasteiger partial charge is 0.337 e. The minimum absolute atomic E-state index is 0.0293. The zero-order valence-electron chi connectivity index (χ0n) is 13.5. The van der Waals surface area contributed by atoms with Crippen LogP contribution in [-0.4, -0.2) is 38.4 Å². The summed E-state index contributed by atoms with van der Waals surface area (Å²) >= 11 is 0. The Morgan fingerprint density at radius 3 is 2.96 bits per heavy atom. The number of carbonyl (C=O) groups excluding carboxylic acids is 1. The van der Waals surface area contributed by atoms with E-state index in [1.165, 1.54) is 0 Å². The highest BCUT2D eigenvalue weighted by Gasteiger charge is 2.29. The van der Waals surface area contributed by atoms with E-state index in [0.717, 1.165) is 50.3 Å². The second-order valence-electron chi connectivity index (χ2n) is 6.50. The van der Waals surface area contributed by atoms with E-state index < -0.39 is 0 Å². The first-order chi connectivity index (χ1) is 11.7. The molecular formula is C18H20N4O2. The van der Waals surface area contributed by atoms with Crippen LogP contribution in [0.15, 0.2) is 35.3 Å². The molecule has 0 N–H and O–H groups in total. The summed E-state index contributed by atoms with van der Waals surface area (Å²) in [6.45, 7) is 2.30. The Kier molecular flexibility index (Phi) is 3.88. The Labute approximate surface area is 140 Å². The van der Waals surface area contributed by atoms with Gasteiger partial charge in [-0.25, -0.2) is 0 Å². The van der Waals surface area contributed by atoms with Crippen LogP contribution in [0.2, 0.25) is 0 Å². The van der Waals surface area contributed by atoms with Gasteiger partial charge in [-0.2, -0.15) is 4.98 Å². The average molecular weight is 324 g/mol. The number of amides is 1. The SMILES string of the molecule is O=C(c1ccccn1)N1CCCC(c2cc(=O)nc3n2CCC3)C1. The van der Waals surface area contributed by atoms with Crippen LogP contribution < -0.4 is 5.56 Å². The van der Waals surface area contributed by atoms with Crippen LogP contribution in [0.4, 0.5) is 0 Å². The Morgan fingerprint density at radius 2 is 2.12 bits per heavy atom. The summed E-state index contributed by atoms with van der Waals surface area (Å²) in [5.74, 6) is 1.06. The number of carbonyl (C=O) groups is 1. The first-order valence-electron chi connectivity index (χ1n) is 8.53. The lowest BCUT2D eigenvalue weighted by molar-refractivity contribution is 0.0698. The van der Waals surface area contributed by atoms with Crippen molar-refractivity contribution in [3.63, 3.8) is 0 Å². The number of likely N-dealkylation sites (tertiary alicyclic amines) is 1. The fraction of sp³-hybridized carbons (Fsp3) is 0.444. The summed E-state index contributed by atoms with van der Waals surface area (Å²) in [5, 5.41) is 0. The molecule has 1 amide bonds. The Bertz CT molecular complexity index is 816. The molecule has 0 saturated carbocycles. The van der Waals surface area contributed by atoms with Crippen molar-refractivity contribution in [3.8, 4) is 0 Å². The molecular weight excluding hydrogens is 304 g/mol. The third kappa shape index (κ3) is 2.72. The predicted octanol–water partition coefficient (Wildman–Crippen LogP) is 1.60. The fourth-order valence-corrected chi connectivity index (χ4v) is 3.81. The van der Waals surface area contributed by atoms with Crippen LogP contribution in [0.3, 0.4) is 0 Å². The summed E-state index contributed by atoms with van der Waals surface area (Å²) in [6.07, 6.45) is 5.48. The van der Waals surface area contributed by atoms with Crippen LogP contribution >= 0.6 is 0 Å². The van der Waals surface area contributed by atoms with Gasteiger partial charge in [0.05, 0.1) is 0 Å². The summed E-state index contributed by atoms with van der Waals surface area (Å²) < 4.78 is 2.18. The summed E-state index contributed by atoms with van der Waals surface area (Å²) in [7, 11) is 0. The van der Waals surface area contributed by atoms with E-state index in [2.05, 4.69) is 14.5 Å². The minimum Gasteiger partial charge on any atom is -0.337 e. The Balaban J connectivity index is 1.60. The molecule has 0 bridgehead atoms. The average Bonchev–Trinajstić information content (AvgIpc) is 3.09. The molecule has 6 heteroatoms. The number of piperidine rings is 1. The maximum atomic E-state index is 12.7. The molecule has 0 aromatic carbocycles. The highest BCUT2D eigenvalue weighted by atomic mass is 16.2. The van der Waals surface area contributed by atoms with E-state index in [1.54, 1.807) is 18.3 Å². The molecule has 2 aromatic heterocycles. The lowest BCUT2D eigenvalue weighted by Crippen LogP contribution is -2.40. The molecule has 0 radical (unpaired) electrons. The van der Waals surface area contributed by atoms with Gasteiger partial charge in [-0.05, 0) is 31.4 Å². The van der Waals surface area contributed by atoms with E-state index in [1.807, 2.05) is 17.0 Å². The van der Waals surface area contributed by atoms with Gasteiger partial charge in [0.2, 0.25) is 0 Å². The van der Waals surface area contributed by atoms with Gasteiger partial charge >= 0.3 is 0 Å². The van der Waals surface area contributed by atoms with E-state index in [4.69, 9.17) is 0 Å². The minimum atomic E-state index is -0.161. The number of pyridine rings is 1. The lowest BCUT2D eigenvalue weighted by atomic mass is 9.94. The van der Waals surface area contributed by atoms with E-state index in [9.17, 15) is 9.59 Å². The topological polar surface area (TPSA) is 68.1 Å². The van der Waals surface area contributed by atoms with E-state index >= 15 is 0 Å². The monoisotopic (exact) mass is 324 g/mol. The quantitative estimate of drug-likeness (QED) is 0.841. The molecule has 6 nitrogen and oxygen atoms in total. The molecule has 2 aliphatic rings. The number of fused-ring (bicyclic) bond motifs is 1. The Hall–Kier alpha value is -2.50.